The molecule has 0 fully saturated rings. The molecule has 6 heteroatoms. The molecule has 0 aromatic heterocycles. The van der Waals surface area contributed by atoms with Crippen molar-refractivity contribution in [3.8, 4) is 5.75 Å². The Labute approximate surface area is 167 Å². The summed E-state index contributed by atoms with van der Waals surface area (Å²) in [5.41, 5.74) is -0.140. The van der Waals surface area contributed by atoms with Gasteiger partial charge in [-0.1, -0.05) is 26.8 Å². The fraction of sp³-hybridized carbons (Fsp3) is 0.636. The zero-order chi connectivity index (χ0) is 21.6. The largest absolute Gasteiger partial charge is 0.497 e. The second kappa shape index (κ2) is 9.89. The van der Waals surface area contributed by atoms with Gasteiger partial charge in [0, 0.05) is 12.0 Å². The van der Waals surface area contributed by atoms with E-state index in [1.54, 1.807) is 46.8 Å². The van der Waals surface area contributed by atoms with Crippen molar-refractivity contribution < 1.29 is 28.2 Å². The van der Waals surface area contributed by atoms with Gasteiger partial charge >= 0.3 is 11.9 Å². The smallest absolute Gasteiger partial charge is 0.309 e. The van der Waals surface area contributed by atoms with Crippen LogP contribution in [0.3, 0.4) is 0 Å². The molecule has 0 bridgehead atoms. The molecule has 1 rings (SSSR count). The SMILES string of the molecule is COc1ccc([C@H](C(C)C)[C@H](C)OC(=O)[C@H](C)CC(=O)OC(C)(C)C)c(F)c1. The average molecular weight is 396 g/mol. The van der Waals surface area contributed by atoms with Crippen molar-refractivity contribution in [2.24, 2.45) is 11.8 Å². The molecule has 0 heterocycles. The summed E-state index contributed by atoms with van der Waals surface area (Å²) in [4.78, 5) is 24.4. The summed E-state index contributed by atoms with van der Waals surface area (Å²) in [6.07, 6.45) is -0.622. The number of ether oxygens (including phenoxy) is 3. The van der Waals surface area contributed by atoms with E-state index >= 15 is 0 Å². The van der Waals surface area contributed by atoms with Crippen molar-refractivity contribution in [3.63, 3.8) is 0 Å². The van der Waals surface area contributed by atoms with Crippen LogP contribution in [0.4, 0.5) is 4.39 Å². The van der Waals surface area contributed by atoms with Crippen LogP contribution < -0.4 is 4.74 Å². The molecule has 0 aliphatic heterocycles. The van der Waals surface area contributed by atoms with Gasteiger partial charge in [-0.25, -0.2) is 4.39 Å². The molecule has 0 saturated carbocycles. The maximum Gasteiger partial charge on any atom is 0.309 e. The number of halogens is 1. The minimum absolute atomic E-state index is 0.0341. The maximum atomic E-state index is 14.6. The molecule has 0 unspecified atom stereocenters. The number of hydrogen-bond acceptors (Lipinski definition) is 5. The van der Waals surface area contributed by atoms with Gasteiger partial charge in [-0.2, -0.15) is 0 Å². The summed E-state index contributed by atoms with van der Waals surface area (Å²) in [6.45, 7) is 12.6. The Bertz CT molecular complexity index is 678. The summed E-state index contributed by atoms with van der Waals surface area (Å²) in [5.74, 6) is -1.87. The topological polar surface area (TPSA) is 61.8 Å². The molecule has 0 N–H and O–H groups in total. The van der Waals surface area contributed by atoms with Crippen LogP contribution in [-0.2, 0) is 19.1 Å². The first-order valence-corrected chi connectivity index (χ1v) is 9.61. The quantitative estimate of drug-likeness (QED) is 0.587. The van der Waals surface area contributed by atoms with Crippen LogP contribution in [0, 0.1) is 17.7 Å². The molecule has 0 saturated heterocycles. The highest BCUT2D eigenvalue weighted by Crippen LogP contribution is 2.33. The van der Waals surface area contributed by atoms with Gasteiger partial charge in [0.05, 0.1) is 19.4 Å². The first-order chi connectivity index (χ1) is 12.9. The van der Waals surface area contributed by atoms with E-state index in [0.29, 0.717) is 11.3 Å². The van der Waals surface area contributed by atoms with Crippen LogP contribution in [0.5, 0.6) is 5.75 Å². The van der Waals surface area contributed by atoms with Gasteiger partial charge in [0.25, 0.3) is 0 Å². The van der Waals surface area contributed by atoms with Crippen molar-refractivity contribution in [1.29, 1.82) is 0 Å². The van der Waals surface area contributed by atoms with Gasteiger partial charge in [0.2, 0.25) is 0 Å². The lowest BCUT2D eigenvalue weighted by molar-refractivity contribution is -0.163. The van der Waals surface area contributed by atoms with E-state index in [-0.39, 0.29) is 18.3 Å². The van der Waals surface area contributed by atoms with E-state index in [1.165, 1.54) is 13.2 Å². The summed E-state index contributed by atoms with van der Waals surface area (Å²) in [5, 5.41) is 0. The number of hydrogen-bond donors (Lipinski definition) is 0. The lowest BCUT2D eigenvalue weighted by Gasteiger charge is -2.29. The van der Waals surface area contributed by atoms with E-state index in [4.69, 9.17) is 14.2 Å². The molecule has 0 spiro atoms. The van der Waals surface area contributed by atoms with E-state index in [2.05, 4.69) is 0 Å². The number of carbonyl (C=O) groups excluding carboxylic acids is 2. The van der Waals surface area contributed by atoms with Crippen molar-refractivity contribution in [2.75, 3.05) is 7.11 Å². The third-order valence-electron chi connectivity index (χ3n) is 4.39. The maximum absolute atomic E-state index is 14.6. The second-order valence-corrected chi connectivity index (χ2v) is 8.49. The third kappa shape index (κ3) is 7.13. The summed E-state index contributed by atoms with van der Waals surface area (Å²) >= 11 is 0. The molecule has 158 valence electrons. The number of benzene rings is 1. The molecule has 3 atom stereocenters. The van der Waals surface area contributed by atoms with Gasteiger partial charge in [-0.3, -0.25) is 9.59 Å². The third-order valence-corrected chi connectivity index (χ3v) is 4.39. The molecular formula is C22H33FO5. The Hall–Kier alpha value is -2.11. The molecule has 0 radical (unpaired) electrons. The highest BCUT2D eigenvalue weighted by Gasteiger charge is 2.31. The molecule has 0 aliphatic carbocycles. The van der Waals surface area contributed by atoms with E-state index in [1.807, 2.05) is 13.8 Å². The fourth-order valence-corrected chi connectivity index (χ4v) is 3.15. The second-order valence-electron chi connectivity index (χ2n) is 8.49. The van der Waals surface area contributed by atoms with Gasteiger partial charge in [0.1, 0.15) is 23.3 Å². The summed E-state index contributed by atoms with van der Waals surface area (Å²) in [7, 11) is 1.48. The summed E-state index contributed by atoms with van der Waals surface area (Å²) in [6, 6.07) is 4.67. The first kappa shape index (κ1) is 23.9. The minimum Gasteiger partial charge on any atom is -0.497 e. The van der Waals surface area contributed by atoms with Gasteiger partial charge < -0.3 is 14.2 Å². The van der Waals surface area contributed by atoms with Crippen LogP contribution in [0.2, 0.25) is 0 Å². The van der Waals surface area contributed by atoms with Crippen molar-refractivity contribution >= 4 is 11.9 Å². The lowest BCUT2D eigenvalue weighted by Crippen LogP contribution is -2.31. The Morgan fingerprint density at radius 1 is 1.11 bits per heavy atom. The molecule has 28 heavy (non-hydrogen) atoms. The Kier molecular flexibility index (Phi) is 8.46. The average Bonchev–Trinajstić information content (AvgIpc) is 2.54. The van der Waals surface area contributed by atoms with Crippen molar-refractivity contribution in [3.05, 3.63) is 29.6 Å². The molecule has 0 amide bonds. The van der Waals surface area contributed by atoms with Crippen LogP contribution in [0.25, 0.3) is 0 Å². The van der Waals surface area contributed by atoms with Gasteiger partial charge in [0.15, 0.2) is 0 Å². The van der Waals surface area contributed by atoms with E-state index in [9.17, 15) is 14.0 Å². The number of carbonyl (C=O) groups is 2. The Morgan fingerprint density at radius 3 is 2.18 bits per heavy atom. The number of esters is 2. The van der Waals surface area contributed by atoms with Crippen LogP contribution in [0.15, 0.2) is 18.2 Å². The van der Waals surface area contributed by atoms with Crippen LogP contribution in [0.1, 0.15) is 66.4 Å². The molecular weight excluding hydrogens is 363 g/mol. The number of rotatable bonds is 8. The van der Waals surface area contributed by atoms with E-state index in [0.717, 1.165) is 0 Å². The minimum atomic E-state index is -0.647. The first-order valence-electron chi connectivity index (χ1n) is 9.61. The predicted octanol–water partition coefficient (Wildman–Crippen LogP) is 4.87. The zero-order valence-electron chi connectivity index (χ0n) is 18.2. The normalized spacial score (nSPS) is 14.9. The monoisotopic (exact) mass is 396 g/mol. The highest BCUT2D eigenvalue weighted by molar-refractivity contribution is 5.80. The number of methoxy groups -OCH3 is 1. The zero-order valence-corrected chi connectivity index (χ0v) is 18.2. The van der Waals surface area contributed by atoms with Crippen molar-refractivity contribution in [2.45, 2.75) is 72.5 Å². The van der Waals surface area contributed by atoms with E-state index < -0.39 is 35.4 Å². The van der Waals surface area contributed by atoms with Crippen LogP contribution in [-0.4, -0.2) is 30.8 Å². The van der Waals surface area contributed by atoms with Crippen LogP contribution >= 0.6 is 0 Å². The Morgan fingerprint density at radius 2 is 1.71 bits per heavy atom. The van der Waals surface area contributed by atoms with Gasteiger partial charge in [-0.05, 0) is 45.2 Å². The summed E-state index contributed by atoms with van der Waals surface area (Å²) < 4.78 is 30.4. The molecule has 0 aliphatic rings. The highest BCUT2D eigenvalue weighted by atomic mass is 19.1. The standard InChI is InChI=1S/C22H33FO5/c1-13(2)20(17-10-9-16(26-8)12-18(17)23)15(4)27-21(25)14(3)11-19(24)28-22(5,6)7/h9-10,12-15,20H,11H2,1-8H3/t14-,15+,20-/m1/s1. The molecule has 5 nitrogen and oxygen atoms in total. The predicted molar refractivity (Wildman–Crippen MR) is 106 cm³/mol. The van der Waals surface area contributed by atoms with Crippen molar-refractivity contribution in [1.82, 2.24) is 0 Å². The molecule has 1 aromatic carbocycles. The van der Waals surface area contributed by atoms with Gasteiger partial charge in [-0.15, -0.1) is 0 Å². The molecule has 1 aromatic rings. The Balaban J connectivity index is 2.85. The fourth-order valence-electron chi connectivity index (χ4n) is 3.15. The lowest BCUT2D eigenvalue weighted by atomic mass is 9.84.